The molecule has 0 fully saturated rings. The third-order valence-corrected chi connectivity index (χ3v) is 4.32. The molecule has 1 N–H and O–H groups in total. The van der Waals surface area contributed by atoms with Gasteiger partial charge in [-0.25, -0.2) is 0 Å². The number of ether oxygens (including phenoxy) is 1. The molecule has 1 atom stereocenters. The lowest BCUT2D eigenvalue weighted by Crippen LogP contribution is -2.23. The molecule has 2 aromatic rings. The van der Waals surface area contributed by atoms with Gasteiger partial charge in [-0.2, -0.15) is 0 Å². The van der Waals surface area contributed by atoms with Crippen molar-refractivity contribution in [2.45, 2.75) is 25.8 Å². The van der Waals surface area contributed by atoms with Gasteiger partial charge in [-0.05, 0) is 47.9 Å². The summed E-state index contributed by atoms with van der Waals surface area (Å²) in [4.78, 5) is 0. The minimum atomic E-state index is 0.230. The SMILES string of the molecule is CCCNC(c1cccc(Br)c1)c1ccc2c(c1)CCO2. The van der Waals surface area contributed by atoms with Gasteiger partial charge < -0.3 is 10.1 Å². The fraction of sp³-hybridized carbons (Fsp3) is 0.333. The standard InChI is InChI=1S/C18H20BrNO/c1-2-9-20-18(14-4-3-5-16(19)12-14)15-6-7-17-13(11-15)8-10-21-17/h3-7,11-12,18,20H,2,8-10H2,1H3. The average molecular weight is 346 g/mol. The van der Waals surface area contributed by atoms with Gasteiger partial charge in [0.15, 0.2) is 0 Å². The first-order valence-corrected chi connectivity index (χ1v) is 8.31. The number of hydrogen-bond donors (Lipinski definition) is 1. The summed E-state index contributed by atoms with van der Waals surface area (Å²) in [7, 11) is 0. The molecule has 2 nitrogen and oxygen atoms in total. The Balaban J connectivity index is 1.95. The lowest BCUT2D eigenvalue weighted by atomic mass is 9.96. The molecule has 0 aromatic heterocycles. The highest BCUT2D eigenvalue weighted by atomic mass is 79.9. The Morgan fingerprint density at radius 3 is 2.86 bits per heavy atom. The quantitative estimate of drug-likeness (QED) is 0.862. The number of halogens is 1. The number of benzene rings is 2. The van der Waals surface area contributed by atoms with Crippen LogP contribution in [0.2, 0.25) is 0 Å². The largest absolute Gasteiger partial charge is 0.493 e. The molecule has 0 saturated heterocycles. The lowest BCUT2D eigenvalue weighted by Gasteiger charge is -2.20. The second-order valence-electron chi connectivity index (χ2n) is 5.41. The number of nitrogens with one attached hydrogen (secondary N) is 1. The summed E-state index contributed by atoms with van der Waals surface area (Å²) in [5, 5.41) is 3.66. The normalized spacial score (nSPS) is 14.6. The average Bonchev–Trinajstić information content (AvgIpc) is 2.95. The first kappa shape index (κ1) is 14.6. The zero-order chi connectivity index (χ0) is 14.7. The summed E-state index contributed by atoms with van der Waals surface area (Å²) in [5.41, 5.74) is 3.92. The van der Waals surface area contributed by atoms with Gasteiger partial charge in [0.1, 0.15) is 5.75 Å². The fourth-order valence-corrected chi connectivity index (χ4v) is 3.21. The van der Waals surface area contributed by atoms with Crippen LogP contribution in [0.1, 0.15) is 36.1 Å². The molecule has 110 valence electrons. The lowest BCUT2D eigenvalue weighted by molar-refractivity contribution is 0.357. The van der Waals surface area contributed by atoms with Crippen molar-refractivity contribution in [1.82, 2.24) is 5.32 Å². The topological polar surface area (TPSA) is 21.3 Å². The van der Waals surface area contributed by atoms with Crippen molar-refractivity contribution in [3.8, 4) is 5.75 Å². The highest BCUT2D eigenvalue weighted by Crippen LogP contribution is 2.31. The minimum absolute atomic E-state index is 0.230. The van der Waals surface area contributed by atoms with E-state index in [0.29, 0.717) is 0 Å². The Morgan fingerprint density at radius 2 is 2.05 bits per heavy atom. The molecule has 1 aliphatic rings. The van der Waals surface area contributed by atoms with Crippen molar-refractivity contribution in [3.63, 3.8) is 0 Å². The van der Waals surface area contributed by atoms with E-state index in [2.05, 4.69) is 70.6 Å². The molecule has 0 saturated carbocycles. The van der Waals surface area contributed by atoms with Gasteiger partial charge in [0.2, 0.25) is 0 Å². The van der Waals surface area contributed by atoms with Crippen LogP contribution < -0.4 is 10.1 Å². The van der Waals surface area contributed by atoms with E-state index in [4.69, 9.17) is 4.74 Å². The Morgan fingerprint density at radius 1 is 1.19 bits per heavy atom. The van der Waals surface area contributed by atoms with E-state index in [1.807, 2.05) is 0 Å². The van der Waals surface area contributed by atoms with Gasteiger partial charge in [-0.15, -0.1) is 0 Å². The predicted octanol–water partition coefficient (Wildman–Crippen LogP) is 4.47. The van der Waals surface area contributed by atoms with E-state index in [1.165, 1.54) is 16.7 Å². The maximum absolute atomic E-state index is 5.61. The Kier molecular flexibility index (Phi) is 4.61. The molecule has 0 amide bonds. The molecule has 21 heavy (non-hydrogen) atoms. The third-order valence-electron chi connectivity index (χ3n) is 3.83. The van der Waals surface area contributed by atoms with Crippen LogP contribution in [-0.4, -0.2) is 13.2 Å². The van der Waals surface area contributed by atoms with Crippen molar-refractivity contribution < 1.29 is 4.74 Å². The molecule has 1 heterocycles. The molecule has 3 heteroatoms. The molecule has 2 aromatic carbocycles. The van der Waals surface area contributed by atoms with Crippen LogP contribution in [0.3, 0.4) is 0 Å². The Bertz CT molecular complexity index is 626. The van der Waals surface area contributed by atoms with Crippen LogP contribution >= 0.6 is 15.9 Å². The van der Waals surface area contributed by atoms with Crippen molar-refractivity contribution in [2.75, 3.05) is 13.2 Å². The summed E-state index contributed by atoms with van der Waals surface area (Å²) < 4.78 is 6.73. The van der Waals surface area contributed by atoms with Crippen LogP contribution in [-0.2, 0) is 6.42 Å². The number of fused-ring (bicyclic) bond motifs is 1. The zero-order valence-electron chi connectivity index (χ0n) is 12.2. The highest BCUT2D eigenvalue weighted by molar-refractivity contribution is 9.10. The molecular weight excluding hydrogens is 326 g/mol. The van der Waals surface area contributed by atoms with Crippen molar-refractivity contribution >= 4 is 15.9 Å². The van der Waals surface area contributed by atoms with E-state index < -0.39 is 0 Å². The minimum Gasteiger partial charge on any atom is -0.493 e. The number of hydrogen-bond acceptors (Lipinski definition) is 2. The van der Waals surface area contributed by atoms with Gasteiger partial charge in [0, 0.05) is 10.9 Å². The highest BCUT2D eigenvalue weighted by Gasteiger charge is 2.18. The van der Waals surface area contributed by atoms with E-state index in [0.717, 1.165) is 36.2 Å². The van der Waals surface area contributed by atoms with E-state index in [9.17, 15) is 0 Å². The van der Waals surface area contributed by atoms with E-state index in [-0.39, 0.29) is 6.04 Å². The van der Waals surface area contributed by atoms with Gasteiger partial charge in [0.05, 0.1) is 12.6 Å². The fourth-order valence-electron chi connectivity index (χ4n) is 2.79. The smallest absolute Gasteiger partial charge is 0.122 e. The van der Waals surface area contributed by atoms with Crippen molar-refractivity contribution in [2.24, 2.45) is 0 Å². The molecule has 0 radical (unpaired) electrons. The van der Waals surface area contributed by atoms with Gasteiger partial charge in [-0.1, -0.05) is 47.1 Å². The molecule has 1 aliphatic heterocycles. The molecule has 3 rings (SSSR count). The summed E-state index contributed by atoms with van der Waals surface area (Å²) in [6.07, 6.45) is 2.14. The first-order valence-electron chi connectivity index (χ1n) is 7.52. The van der Waals surface area contributed by atoms with Crippen molar-refractivity contribution in [3.05, 3.63) is 63.6 Å². The van der Waals surface area contributed by atoms with Gasteiger partial charge in [-0.3, -0.25) is 0 Å². The maximum Gasteiger partial charge on any atom is 0.122 e. The number of rotatable bonds is 5. The second kappa shape index (κ2) is 6.63. The predicted molar refractivity (Wildman–Crippen MR) is 89.9 cm³/mol. The van der Waals surface area contributed by atoms with Crippen LogP contribution in [0.25, 0.3) is 0 Å². The molecule has 0 bridgehead atoms. The summed E-state index contributed by atoms with van der Waals surface area (Å²) in [6, 6.07) is 15.3. The summed E-state index contributed by atoms with van der Waals surface area (Å²) in [5.74, 6) is 1.04. The van der Waals surface area contributed by atoms with Crippen LogP contribution in [0.15, 0.2) is 46.9 Å². The van der Waals surface area contributed by atoms with Gasteiger partial charge >= 0.3 is 0 Å². The Labute approximate surface area is 134 Å². The molecular formula is C18H20BrNO. The van der Waals surface area contributed by atoms with E-state index >= 15 is 0 Å². The van der Waals surface area contributed by atoms with Gasteiger partial charge in [0.25, 0.3) is 0 Å². The third kappa shape index (κ3) is 3.30. The van der Waals surface area contributed by atoms with Crippen LogP contribution in [0.5, 0.6) is 5.75 Å². The van der Waals surface area contributed by atoms with Crippen LogP contribution in [0, 0.1) is 0 Å². The molecule has 0 spiro atoms. The Hall–Kier alpha value is -1.32. The molecule has 1 unspecified atom stereocenters. The summed E-state index contributed by atoms with van der Waals surface area (Å²) >= 11 is 3.57. The van der Waals surface area contributed by atoms with Crippen LogP contribution in [0.4, 0.5) is 0 Å². The zero-order valence-corrected chi connectivity index (χ0v) is 13.8. The monoisotopic (exact) mass is 345 g/mol. The van der Waals surface area contributed by atoms with E-state index in [1.54, 1.807) is 0 Å². The maximum atomic E-state index is 5.61. The summed E-state index contributed by atoms with van der Waals surface area (Å²) in [6.45, 7) is 4.01. The molecule has 0 aliphatic carbocycles. The second-order valence-corrected chi connectivity index (χ2v) is 6.32. The first-order chi connectivity index (χ1) is 10.3. The van der Waals surface area contributed by atoms with Crippen molar-refractivity contribution in [1.29, 1.82) is 0 Å².